The first-order chi connectivity index (χ1) is 17.0. The van der Waals surface area contributed by atoms with Crippen LogP contribution < -0.4 is 9.47 Å². The molecule has 2 atom stereocenters. The van der Waals surface area contributed by atoms with Crippen molar-refractivity contribution in [2.24, 2.45) is 0 Å². The lowest BCUT2D eigenvalue weighted by Gasteiger charge is -2.27. The van der Waals surface area contributed by atoms with Crippen molar-refractivity contribution >= 4 is 46.7 Å². The molecule has 0 saturated carbocycles. The van der Waals surface area contributed by atoms with Crippen LogP contribution in [0.25, 0.3) is 0 Å². The summed E-state index contributed by atoms with van der Waals surface area (Å²) >= 11 is 18.8. The van der Waals surface area contributed by atoms with Gasteiger partial charge in [0.2, 0.25) is 0 Å². The Labute approximate surface area is 226 Å². The summed E-state index contributed by atoms with van der Waals surface area (Å²) in [4.78, 5) is 22.4. The van der Waals surface area contributed by atoms with E-state index in [4.69, 9.17) is 58.5 Å². The van der Waals surface area contributed by atoms with Crippen LogP contribution in [0.5, 0.6) is 11.5 Å². The van der Waals surface area contributed by atoms with Crippen molar-refractivity contribution in [3.63, 3.8) is 0 Å². The van der Waals surface area contributed by atoms with Gasteiger partial charge in [-0.05, 0) is 35.4 Å². The summed E-state index contributed by atoms with van der Waals surface area (Å²) in [7, 11) is 1.52. The molecular formula is C26H31Cl3O7. The van der Waals surface area contributed by atoms with E-state index in [0.29, 0.717) is 21.5 Å². The van der Waals surface area contributed by atoms with Crippen LogP contribution in [0.4, 0.5) is 0 Å². The number of carbonyl (C=O) groups is 2. The zero-order valence-electron chi connectivity index (χ0n) is 20.9. The van der Waals surface area contributed by atoms with Gasteiger partial charge in [0.25, 0.3) is 0 Å². The number of halogens is 3. The normalized spacial score (nSPS) is 13.0. The van der Waals surface area contributed by atoms with Gasteiger partial charge in [0.05, 0.1) is 22.5 Å². The molecule has 0 aliphatic carbocycles. The minimum absolute atomic E-state index is 0.0886. The maximum absolute atomic E-state index is 11.3. The Morgan fingerprint density at radius 1 is 0.806 bits per heavy atom. The van der Waals surface area contributed by atoms with Crippen LogP contribution in [0.1, 0.15) is 38.8 Å². The first-order valence-corrected chi connectivity index (χ1v) is 12.5. The molecule has 0 amide bonds. The molecule has 198 valence electrons. The minimum atomic E-state index is -0.571. The van der Waals surface area contributed by atoms with E-state index in [0.717, 1.165) is 11.1 Å². The van der Waals surface area contributed by atoms with Crippen molar-refractivity contribution in [3.8, 4) is 11.5 Å². The van der Waals surface area contributed by atoms with Gasteiger partial charge in [-0.25, -0.2) is 0 Å². The number of esters is 2. The Kier molecular flexibility index (Phi) is 11.6. The summed E-state index contributed by atoms with van der Waals surface area (Å²) < 4.78 is 26.8. The van der Waals surface area contributed by atoms with E-state index in [9.17, 15) is 9.59 Å². The van der Waals surface area contributed by atoms with Crippen LogP contribution in [0.2, 0.25) is 10.0 Å². The lowest BCUT2D eigenvalue weighted by molar-refractivity contribution is -0.150. The highest BCUT2D eigenvalue weighted by atomic mass is 35.5. The standard InChI is InChI=1S/C26H31Cl3O7/c1-16(30)35-20(12-27)14-33-24-8-6-18(10-22(24)28)26(3,4)19-7-9-25(23(29)11-19)34-15-21(13-32-5)36-17(2)31/h6-11,20-21H,12-15H2,1-5H3/t20-,21+/m1/s1. The Hall–Kier alpha value is -2.19. The van der Waals surface area contributed by atoms with Crippen molar-refractivity contribution in [2.75, 3.05) is 32.8 Å². The van der Waals surface area contributed by atoms with Crippen molar-refractivity contribution in [1.29, 1.82) is 0 Å². The van der Waals surface area contributed by atoms with E-state index in [1.165, 1.54) is 21.0 Å². The number of hydrogen-bond acceptors (Lipinski definition) is 7. The maximum Gasteiger partial charge on any atom is 0.303 e. The molecule has 0 fully saturated rings. The third kappa shape index (κ3) is 8.73. The van der Waals surface area contributed by atoms with Gasteiger partial charge >= 0.3 is 11.9 Å². The summed E-state index contributed by atoms with van der Waals surface area (Å²) in [6.07, 6.45) is -1.12. The van der Waals surface area contributed by atoms with Crippen LogP contribution in [0, 0.1) is 0 Å². The van der Waals surface area contributed by atoms with Gasteiger partial charge in [-0.15, -0.1) is 11.6 Å². The highest BCUT2D eigenvalue weighted by Crippen LogP contribution is 2.38. The van der Waals surface area contributed by atoms with Gasteiger partial charge in [-0.2, -0.15) is 0 Å². The Morgan fingerprint density at radius 2 is 1.25 bits per heavy atom. The molecule has 36 heavy (non-hydrogen) atoms. The molecule has 0 N–H and O–H groups in total. The zero-order chi connectivity index (χ0) is 26.9. The van der Waals surface area contributed by atoms with E-state index < -0.39 is 29.6 Å². The van der Waals surface area contributed by atoms with Crippen LogP contribution in [-0.2, 0) is 29.2 Å². The smallest absolute Gasteiger partial charge is 0.303 e. The maximum atomic E-state index is 11.3. The molecule has 0 spiro atoms. The molecule has 0 radical (unpaired) electrons. The number of ether oxygens (including phenoxy) is 5. The van der Waals surface area contributed by atoms with E-state index >= 15 is 0 Å². The molecule has 0 unspecified atom stereocenters. The molecule has 0 aromatic heterocycles. The van der Waals surface area contributed by atoms with Crippen molar-refractivity contribution < 1.29 is 33.3 Å². The van der Waals surface area contributed by atoms with Gasteiger partial charge < -0.3 is 23.7 Å². The number of hydrogen-bond donors (Lipinski definition) is 0. The lowest BCUT2D eigenvalue weighted by atomic mass is 9.78. The second kappa shape index (κ2) is 13.9. The lowest BCUT2D eigenvalue weighted by Crippen LogP contribution is -2.28. The predicted molar refractivity (Wildman–Crippen MR) is 140 cm³/mol. The summed E-state index contributed by atoms with van der Waals surface area (Å²) in [6, 6.07) is 11.0. The van der Waals surface area contributed by atoms with Gasteiger partial charge in [-0.3, -0.25) is 9.59 Å². The van der Waals surface area contributed by atoms with E-state index in [1.54, 1.807) is 12.1 Å². The van der Waals surface area contributed by atoms with Crippen LogP contribution in [0.3, 0.4) is 0 Å². The summed E-state index contributed by atoms with van der Waals surface area (Å²) in [6.45, 7) is 7.14. The van der Waals surface area contributed by atoms with Crippen LogP contribution in [0.15, 0.2) is 36.4 Å². The fraction of sp³-hybridized carbons (Fsp3) is 0.462. The molecule has 2 aromatic carbocycles. The van der Waals surface area contributed by atoms with Gasteiger partial charge in [0, 0.05) is 26.4 Å². The quantitative estimate of drug-likeness (QED) is 0.225. The molecule has 0 heterocycles. The van der Waals surface area contributed by atoms with Gasteiger partial charge in [0.15, 0.2) is 6.10 Å². The third-order valence-electron chi connectivity index (χ3n) is 5.35. The van der Waals surface area contributed by atoms with Crippen LogP contribution >= 0.6 is 34.8 Å². The number of benzene rings is 2. The third-order valence-corrected chi connectivity index (χ3v) is 6.28. The van der Waals surface area contributed by atoms with Crippen molar-refractivity contribution in [3.05, 3.63) is 57.6 Å². The fourth-order valence-corrected chi connectivity index (χ4v) is 4.05. The SMILES string of the molecule is COC[C@@H](COc1ccc(C(C)(C)c2ccc(OC[C@@H](CCl)OC(C)=O)c(Cl)c2)cc1Cl)OC(C)=O. The largest absolute Gasteiger partial charge is 0.488 e. The Bertz CT molecular complexity index is 1040. The van der Waals surface area contributed by atoms with Crippen molar-refractivity contribution in [1.82, 2.24) is 0 Å². The fourth-order valence-electron chi connectivity index (χ4n) is 3.43. The van der Waals surface area contributed by atoms with Gasteiger partial charge in [0.1, 0.15) is 30.8 Å². The Morgan fingerprint density at radius 3 is 1.64 bits per heavy atom. The monoisotopic (exact) mass is 560 g/mol. The molecule has 0 aliphatic rings. The topological polar surface area (TPSA) is 80.3 Å². The van der Waals surface area contributed by atoms with E-state index in [2.05, 4.69) is 0 Å². The number of methoxy groups -OCH3 is 1. The van der Waals surface area contributed by atoms with Crippen molar-refractivity contribution in [2.45, 2.75) is 45.3 Å². The average Bonchev–Trinajstić information content (AvgIpc) is 2.80. The Balaban J connectivity index is 2.13. The van der Waals surface area contributed by atoms with E-state index in [-0.39, 0.29) is 25.7 Å². The molecule has 0 bridgehead atoms. The molecule has 7 nitrogen and oxygen atoms in total. The van der Waals surface area contributed by atoms with Crippen LogP contribution in [-0.4, -0.2) is 57.0 Å². The number of alkyl halides is 1. The minimum Gasteiger partial charge on any atom is -0.488 e. The molecule has 0 aliphatic heterocycles. The number of carbonyl (C=O) groups excluding carboxylic acids is 2. The second-order valence-electron chi connectivity index (χ2n) is 8.61. The molecule has 2 rings (SSSR count). The molecular weight excluding hydrogens is 531 g/mol. The predicted octanol–water partition coefficient (Wildman–Crippen LogP) is 5.83. The highest BCUT2D eigenvalue weighted by Gasteiger charge is 2.26. The average molecular weight is 562 g/mol. The first-order valence-electron chi connectivity index (χ1n) is 11.2. The number of rotatable bonds is 13. The molecule has 2 aromatic rings. The first kappa shape index (κ1) is 30.0. The summed E-state index contributed by atoms with van der Waals surface area (Å²) in [5.41, 5.74) is 1.43. The molecule has 10 heteroatoms. The second-order valence-corrected chi connectivity index (χ2v) is 9.73. The summed E-state index contributed by atoms with van der Waals surface area (Å²) in [5.74, 6) is 0.190. The van der Waals surface area contributed by atoms with Gasteiger partial charge in [-0.1, -0.05) is 49.2 Å². The highest BCUT2D eigenvalue weighted by molar-refractivity contribution is 6.32. The molecule has 0 saturated heterocycles. The van der Waals surface area contributed by atoms with E-state index in [1.807, 2.05) is 38.1 Å². The summed E-state index contributed by atoms with van der Waals surface area (Å²) in [5, 5.41) is 0.834. The zero-order valence-corrected chi connectivity index (χ0v) is 23.2.